The number of nitrogens with one attached hydrogen (secondary N) is 1. The van der Waals surface area contributed by atoms with Crippen molar-refractivity contribution in [3.8, 4) is 5.95 Å². The fourth-order valence-electron chi connectivity index (χ4n) is 0.718. The minimum Gasteiger partial charge on any atom is -0.329 e. The summed E-state index contributed by atoms with van der Waals surface area (Å²) in [5.74, 6) is 0.376. The molecule has 2 aromatic rings. The van der Waals surface area contributed by atoms with Gasteiger partial charge in [0.1, 0.15) is 0 Å². The lowest BCUT2D eigenvalue weighted by Crippen LogP contribution is -1.95. The minimum absolute atomic E-state index is 0.0124. The minimum atomic E-state index is -0.0818. The van der Waals surface area contributed by atoms with Gasteiger partial charge in [-0.2, -0.15) is 5.10 Å². The number of aromatic amines is 1. The third-order valence-electron chi connectivity index (χ3n) is 1.16. The van der Waals surface area contributed by atoms with Crippen LogP contribution in [-0.2, 0) is 0 Å². The second kappa shape index (κ2) is 2.50. The summed E-state index contributed by atoms with van der Waals surface area (Å²) in [5.41, 5.74) is 0. The first-order chi connectivity index (χ1) is 6.16. The van der Waals surface area contributed by atoms with Crippen LogP contribution in [0.25, 0.3) is 5.95 Å². The molecule has 4 nitrogen and oxygen atoms in total. The molecule has 0 aliphatic heterocycles. The van der Waals surface area contributed by atoms with Crippen molar-refractivity contribution in [2.75, 3.05) is 0 Å². The van der Waals surface area contributed by atoms with Gasteiger partial charge in [-0.05, 0) is 15.9 Å². The molecule has 1 N–H and O–H groups in total. The van der Waals surface area contributed by atoms with Crippen molar-refractivity contribution in [3.63, 3.8) is 0 Å². The topological polar surface area (TPSA) is 46.5 Å². The van der Waals surface area contributed by atoms with Gasteiger partial charge >= 0.3 is 0 Å². The van der Waals surface area contributed by atoms with E-state index in [0.29, 0.717) is 5.95 Å². The maximum absolute atomic E-state index is 7.24. The van der Waals surface area contributed by atoms with E-state index in [4.69, 9.17) is 2.74 Å². The summed E-state index contributed by atoms with van der Waals surface area (Å²) in [6, 6.07) is 0. The van der Waals surface area contributed by atoms with Crippen molar-refractivity contribution in [2.24, 2.45) is 0 Å². The number of nitrogens with zero attached hydrogens (tertiary/aromatic N) is 3. The molecule has 0 saturated carbocycles. The molecule has 0 fully saturated rings. The van der Waals surface area contributed by atoms with E-state index in [2.05, 4.69) is 31.0 Å². The fourth-order valence-corrected chi connectivity index (χ4v) is 1.00. The maximum Gasteiger partial charge on any atom is 0.227 e. The zero-order valence-electron chi connectivity index (χ0n) is 7.37. The van der Waals surface area contributed by atoms with E-state index in [1.54, 1.807) is 12.4 Å². The van der Waals surface area contributed by atoms with E-state index in [1.165, 1.54) is 4.68 Å². The molecule has 0 aliphatic carbocycles. The van der Waals surface area contributed by atoms with Gasteiger partial charge in [-0.3, -0.25) is 0 Å². The smallest absolute Gasteiger partial charge is 0.227 e. The molecule has 0 bridgehead atoms. The van der Waals surface area contributed by atoms with Crippen LogP contribution in [0.3, 0.4) is 0 Å². The van der Waals surface area contributed by atoms with Gasteiger partial charge in [0.05, 0.1) is 13.4 Å². The highest BCUT2D eigenvalue weighted by Crippen LogP contribution is 2.08. The van der Waals surface area contributed by atoms with E-state index >= 15 is 0 Å². The van der Waals surface area contributed by atoms with Crippen LogP contribution in [0.4, 0.5) is 0 Å². The Labute approximate surface area is 74.2 Å². The van der Waals surface area contributed by atoms with Crippen LogP contribution in [-0.4, -0.2) is 19.7 Å². The Balaban J connectivity index is 2.46. The number of rotatable bonds is 1. The first kappa shape index (κ1) is 4.71. The van der Waals surface area contributed by atoms with Gasteiger partial charge in [-0.1, -0.05) is 0 Å². The van der Waals surface area contributed by atoms with Gasteiger partial charge in [-0.25, -0.2) is 9.67 Å². The van der Waals surface area contributed by atoms with Crippen LogP contribution in [0.1, 0.15) is 2.74 Å². The molecule has 0 aromatic carbocycles. The molecule has 56 valence electrons. The normalized spacial score (nSPS) is 12.8. The zero-order valence-corrected chi connectivity index (χ0v) is 6.96. The summed E-state index contributed by atoms with van der Waals surface area (Å²) in [6.45, 7) is 0. The lowest BCUT2D eigenvalue weighted by atomic mass is 10.7. The van der Waals surface area contributed by atoms with Gasteiger partial charge in [0.25, 0.3) is 0 Å². The highest BCUT2D eigenvalue weighted by Gasteiger charge is 1.98. The van der Waals surface area contributed by atoms with Crippen molar-refractivity contribution in [1.82, 2.24) is 19.7 Å². The molecule has 0 atom stereocenters. The van der Waals surface area contributed by atoms with Gasteiger partial charge in [-0.15, -0.1) is 0 Å². The number of hydrogen-bond donors (Lipinski definition) is 1. The van der Waals surface area contributed by atoms with Gasteiger partial charge < -0.3 is 4.98 Å². The van der Waals surface area contributed by atoms with E-state index in [9.17, 15) is 0 Å². The highest BCUT2D eigenvalue weighted by molar-refractivity contribution is 9.10. The molecule has 0 unspecified atom stereocenters. The number of H-pyrrole nitrogens is 1. The summed E-state index contributed by atoms with van der Waals surface area (Å²) < 4.78 is 16.7. The molecular weight excluding hydrogens is 208 g/mol. The third kappa shape index (κ3) is 1.19. The standard InChI is InChI=1S/C6H5BrN4/c7-5-3-10-11(4-5)6-8-1-2-9-6/h1-4H,(H,8,9)/i1D,2D. The zero-order chi connectivity index (χ0) is 9.42. The monoisotopic (exact) mass is 214 g/mol. The lowest BCUT2D eigenvalue weighted by molar-refractivity contribution is 0.825. The quantitative estimate of drug-likeness (QED) is 0.780. The van der Waals surface area contributed by atoms with Crippen molar-refractivity contribution < 1.29 is 2.74 Å². The number of imidazole rings is 1. The Kier molecular flexibility index (Phi) is 1.07. The molecule has 5 heteroatoms. The Morgan fingerprint density at radius 2 is 2.64 bits per heavy atom. The van der Waals surface area contributed by atoms with Gasteiger partial charge in [0, 0.05) is 18.5 Å². The average molecular weight is 215 g/mol. The van der Waals surface area contributed by atoms with Crippen LogP contribution in [0.2, 0.25) is 0 Å². The van der Waals surface area contributed by atoms with E-state index in [0.717, 1.165) is 4.47 Å². The van der Waals surface area contributed by atoms with Crippen LogP contribution >= 0.6 is 15.9 Å². The summed E-state index contributed by atoms with van der Waals surface area (Å²) in [6.07, 6.45) is 3.20. The van der Waals surface area contributed by atoms with Gasteiger partial charge in [0.2, 0.25) is 5.95 Å². The molecule has 2 rings (SSSR count). The fraction of sp³-hybridized carbons (Fsp3) is 0. The molecule has 0 spiro atoms. The maximum atomic E-state index is 7.24. The van der Waals surface area contributed by atoms with Crippen molar-refractivity contribution in [3.05, 3.63) is 29.2 Å². The van der Waals surface area contributed by atoms with Crippen LogP contribution in [0, 0.1) is 0 Å². The van der Waals surface area contributed by atoms with E-state index < -0.39 is 0 Å². The molecule has 11 heavy (non-hydrogen) atoms. The SMILES string of the molecule is [2H]c1nc(-n2cc(Br)cn2)[nH]c1[2H]. The van der Waals surface area contributed by atoms with Crippen molar-refractivity contribution >= 4 is 15.9 Å². The average Bonchev–Trinajstić information content (AvgIpc) is 2.61. The largest absolute Gasteiger partial charge is 0.329 e. The Bertz CT molecular complexity index is 416. The Morgan fingerprint density at radius 3 is 3.18 bits per heavy atom. The molecule has 2 aromatic heterocycles. The second-order valence-electron chi connectivity index (χ2n) is 1.90. The Hall–Kier alpha value is -1.10. The summed E-state index contributed by atoms with van der Waals surface area (Å²) in [7, 11) is 0. The Morgan fingerprint density at radius 1 is 1.73 bits per heavy atom. The summed E-state index contributed by atoms with van der Waals surface area (Å²) in [4.78, 5) is 6.42. The second-order valence-corrected chi connectivity index (χ2v) is 2.82. The summed E-state index contributed by atoms with van der Waals surface area (Å²) >= 11 is 3.24. The number of halogens is 1. The van der Waals surface area contributed by atoms with E-state index in [-0.39, 0.29) is 12.3 Å². The van der Waals surface area contributed by atoms with Crippen molar-refractivity contribution in [1.29, 1.82) is 0 Å². The third-order valence-corrected chi connectivity index (χ3v) is 1.57. The van der Waals surface area contributed by atoms with Crippen LogP contribution < -0.4 is 0 Å². The molecule has 2 heterocycles. The molecular formula is C6H5BrN4. The molecule has 0 saturated heterocycles. The summed E-state index contributed by atoms with van der Waals surface area (Å²) in [5, 5.41) is 3.95. The predicted molar refractivity (Wildman–Crippen MR) is 43.4 cm³/mol. The number of aromatic nitrogens is 4. The number of hydrogen-bond acceptors (Lipinski definition) is 2. The first-order valence-electron chi connectivity index (χ1n) is 3.90. The first-order valence-corrected chi connectivity index (χ1v) is 3.70. The molecule has 0 aliphatic rings. The van der Waals surface area contributed by atoms with Crippen LogP contribution in [0.15, 0.2) is 29.2 Å². The molecule has 0 radical (unpaired) electrons. The molecule has 0 amide bonds. The van der Waals surface area contributed by atoms with E-state index in [1.807, 2.05) is 0 Å². The van der Waals surface area contributed by atoms with Gasteiger partial charge in [0.15, 0.2) is 0 Å². The van der Waals surface area contributed by atoms with Crippen molar-refractivity contribution in [2.45, 2.75) is 0 Å². The lowest BCUT2D eigenvalue weighted by Gasteiger charge is -1.91. The predicted octanol–water partition coefficient (Wildman–Crippen LogP) is 1.36. The van der Waals surface area contributed by atoms with Crippen LogP contribution in [0.5, 0.6) is 0 Å². The highest BCUT2D eigenvalue weighted by atomic mass is 79.9.